The van der Waals surface area contributed by atoms with Gasteiger partial charge in [0.1, 0.15) is 11.0 Å². The lowest BCUT2D eigenvalue weighted by atomic mass is 10.1. The molecule has 122 valence electrons. The maximum absolute atomic E-state index is 12.5. The smallest absolute Gasteiger partial charge is 0.228 e. The van der Waals surface area contributed by atoms with Gasteiger partial charge >= 0.3 is 0 Å². The molecule has 1 aromatic heterocycles. The summed E-state index contributed by atoms with van der Waals surface area (Å²) in [7, 11) is 1.93. The molecule has 0 spiro atoms. The number of hydrogen-bond donors (Lipinski definition) is 0. The number of carbonyl (C=O) groups is 1. The third kappa shape index (κ3) is 3.45. The van der Waals surface area contributed by atoms with E-state index in [1.54, 1.807) is 6.20 Å². The van der Waals surface area contributed by atoms with Gasteiger partial charge in [-0.15, -0.1) is 0 Å². The largest absolute Gasteiger partial charge is 0.381 e. The van der Waals surface area contributed by atoms with Gasteiger partial charge in [-0.3, -0.25) is 9.69 Å². The van der Waals surface area contributed by atoms with Gasteiger partial charge in [-0.1, -0.05) is 11.6 Å². The van der Waals surface area contributed by atoms with E-state index in [-0.39, 0.29) is 11.8 Å². The lowest BCUT2D eigenvalue weighted by molar-refractivity contribution is -0.135. The van der Waals surface area contributed by atoms with Gasteiger partial charge < -0.3 is 14.2 Å². The van der Waals surface area contributed by atoms with Crippen molar-refractivity contribution in [3.05, 3.63) is 17.2 Å². The molecule has 3 rings (SSSR count). The highest BCUT2D eigenvalue weighted by molar-refractivity contribution is 6.29. The van der Waals surface area contributed by atoms with Crippen molar-refractivity contribution in [2.45, 2.75) is 19.4 Å². The van der Waals surface area contributed by atoms with Gasteiger partial charge in [-0.2, -0.15) is 0 Å². The van der Waals surface area contributed by atoms with Crippen molar-refractivity contribution in [2.24, 2.45) is 13.0 Å². The van der Waals surface area contributed by atoms with Crippen LogP contribution >= 0.6 is 11.6 Å². The van der Waals surface area contributed by atoms with E-state index in [0.29, 0.717) is 11.8 Å². The molecule has 6 nitrogen and oxygen atoms in total. The monoisotopic (exact) mass is 326 g/mol. The number of hydrogen-bond acceptors (Lipinski definition) is 4. The quantitative estimate of drug-likeness (QED) is 0.836. The summed E-state index contributed by atoms with van der Waals surface area (Å²) in [5, 5.41) is 0.655. The van der Waals surface area contributed by atoms with Crippen LogP contribution in [0.25, 0.3) is 0 Å². The van der Waals surface area contributed by atoms with Crippen molar-refractivity contribution >= 4 is 17.5 Å². The standard InChI is InChI=1S/C15H23ClN4O2/c1-18-13(16)9-17-14(18)10-19-4-2-5-20(7-6-19)15(21)12-3-8-22-11-12/h9,12H,2-8,10-11H2,1H3/t12-/m1/s1. The molecular formula is C15H23ClN4O2. The normalized spacial score (nSPS) is 23.7. The molecule has 3 heterocycles. The molecule has 1 atom stereocenters. The van der Waals surface area contributed by atoms with Gasteiger partial charge in [-0.25, -0.2) is 4.98 Å². The molecule has 2 fully saturated rings. The molecule has 0 bridgehead atoms. The predicted molar refractivity (Wildman–Crippen MR) is 83.6 cm³/mol. The highest BCUT2D eigenvalue weighted by atomic mass is 35.5. The van der Waals surface area contributed by atoms with Crippen molar-refractivity contribution < 1.29 is 9.53 Å². The Balaban J connectivity index is 1.55. The predicted octanol–water partition coefficient (Wildman–Crippen LogP) is 1.14. The number of nitrogens with zero attached hydrogens (tertiary/aromatic N) is 4. The van der Waals surface area contributed by atoms with Gasteiger partial charge in [0.15, 0.2) is 0 Å². The van der Waals surface area contributed by atoms with Crippen molar-refractivity contribution in [3.8, 4) is 0 Å². The summed E-state index contributed by atoms with van der Waals surface area (Å²) in [5.41, 5.74) is 0. The molecule has 0 unspecified atom stereocenters. The maximum Gasteiger partial charge on any atom is 0.228 e. The summed E-state index contributed by atoms with van der Waals surface area (Å²) in [4.78, 5) is 21.2. The molecule has 2 aliphatic heterocycles. The molecule has 1 amide bonds. The molecule has 2 aliphatic rings. The molecule has 0 saturated carbocycles. The molecule has 0 aliphatic carbocycles. The highest BCUT2D eigenvalue weighted by Crippen LogP contribution is 2.18. The molecule has 1 aromatic rings. The highest BCUT2D eigenvalue weighted by Gasteiger charge is 2.29. The lowest BCUT2D eigenvalue weighted by Gasteiger charge is -2.24. The fourth-order valence-electron chi connectivity index (χ4n) is 3.11. The fraction of sp³-hybridized carbons (Fsp3) is 0.733. The number of halogens is 1. The summed E-state index contributed by atoms with van der Waals surface area (Å²) in [6.45, 7) is 5.57. The fourth-order valence-corrected chi connectivity index (χ4v) is 3.25. The van der Waals surface area contributed by atoms with Crippen molar-refractivity contribution in [1.29, 1.82) is 0 Å². The van der Waals surface area contributed by atoms with Crippen molar-refractivity contribution in [2.75, 3.05) is 39.4 Å². The number of carbonyl (C=O) groups excluding carboxylic acids is 1. The van der Waals surface area contributed by atoms with Crippen LogP contribution in [-0.4, -0.2) is 64.7 Å². The first kappa shape index (κ1) is 15.8. The van der Waals surface area contributed by atoms with E-state index in [1.807, 2.05) is 16.5 Å². The summed E-state index contributed by atoms with van der Waals surface area (Å²) < 4.78 is 7.24. The Morgan fingerprint density at radius 3 is 2.95 bits per heavy atom. The minimum Gasteiger partial charge on any atom is -0.381 e. The van der Waals surface area contributed by atoms with Crippen LogP contribution in [0.5, 0.6) is 0 Å². The number of rotatable bonds is 3. The first-order valence-corrected chi connectivity index (χ1v) is 8.28. The second-order valence-corrected chi connectivity index (χ2v) is 6.46. The van der Waals surface area contributed by atoms with E-state index >= 15 is 0 Å². The zero-order valence-corrected chi connectivity index (χ0v) is 13.8. The van der Waals surface area contributed by atoms with Crippen molar-refractivity contribution in [3.63, 3.8) is 0 Å². The number of amides is 1. The SMILES string of the molecule is Cn1c(Cl)cnc1CN1CCCN(C(=O)[C@@H]2CCOC2)CC1. The first-order valence-electron chi connectivity index (χ1n) is 7.90. The Labute approximate surface area is 136 Å². The summed E-state index contributed by atoms with van der Waals surface area (Å²) in [5.74, 6) is 1.30. The van der Waals surface area contributed by atoms with Crippen LogP contribution in [0, 0.1) is 5.92 Å². The van der Waals surface area contributed by atoms with Crippen LogP contribution in [0.1, 0.15) is 18.7 Å². The van der Waals surface area contributed by atoms with Crippen LogP contribution in [0.4, 0.5) is 0 Å². The Morgan fingerprint density at radius 1 is 1.41 bits per heavy atom. The van der Waals surface area contributed by atoms with Gasteiger partial charge in [0, 0.05) is 39.8 Å². The molecule has 0 N–H and O–H groups in total. The lowest BCUT2D eigenvalue weighted by Crippen LogP contribution is -2.39. The average molecular weight is 327 g/mol. The third-order valence-corrected chi connectivity index (χ3v) is 4.92. The van der Waals surface area contributed by atoms with Crippen LogP contribution < -0.4 is 0 Å². The van der Waals surface area contributed by atoms with Crippen LogP contribution in [0.3, 0.4) is 0 Å². The minimum absolute atomic E-state index is 0.0693. The third-order valence-electron chi connectivity index (χ3n) is 4.57. The van der Waals surface area contributed by atoms with Crippen LogP contribution in [-0.2, 0) is 23.1 Å². The Morgan fingerprint density at radius 2 is 2.27 bits per heavy atom. The minimum atomic E-state index is 0.0693. The van der Waals surface area contributed by atoms with Crippen molar-refractivity contribution in [1.82, 2.24) is 19.4 Å². The topological polar surface area (TPSA) is 50.6 Å². The summed E-state index contributed by atoms with van der Waals surface area (Å²) in [6, 6.07) is 0. The molecule has 7 heteroatoms. The molecular weight excluding hydrogens is 304 g/mol. The number of aromatic nitrogens is 2. The van der Waals surface area contributed by atoms with E-state index in [2.05, 4.69) is 9.88 Å². The molecule has 2 saturated heterocycles. The van der Waals surface area contributed by atoms with Crippen LogP contribution in [0.2, 0.25) is 5.15 Å². The second kappa shape index (κ2) is 6.98. The van der Waals surface area contributed by atoms with Gasteiger partial charge in [-0.05, 0) is 12.8 Å². The molecule has 0 radical (unpaired) electrons. The number of imidazole rings is 1. The van der Waals surface area contributed by atoms with E-state index in [4.69, 9.17) is 16.3 Å². The summed E-state index contributed by atoms with van der Waals surface area (Å²) in [6.07, 6.45) is 3.55. The first-order chi connectivity index (χ1) is 10.6. The maximum atomic E-state index is 12.5. The summed E-state index contributed by atoms with van der Waals surface area (Å²) >= 11 is 6.03. The Bertz CT molecular complexity index is 528. The molecule has 0 aromatic carbocycles. The average Bonchev–Trinajstić information content (AvgIpc) is 3.08. The van der Waals surface area contributed by atoms with E-state index in [9.17, 15) is 4.79 Å². The van der Waals surface area contributed by atoms with E-state index in [1.165, 1.54) is 0 Å². The number of ether oxygens (including phenoxy) is 1. The second-order valence-electron chi connectivity index (χ2n) is 6.07. The van der Waals surface area contributed by atoms with Gasteiger partial charge in [0.2, 0.25) is 5.91 Å². The Hall–Kier alpha value is -1.11. The van der Waals surface area contributed by atoms with Gasteiger partial charge in [0.25, 0.3) is 0 Å². The van der Waals surface area contributed by atoms with Gasteiger partial charge in [0.05, 0.1) is 25.3 Å². The Kier molecular flexibility index (Phi) is 5.00. The zero-order valence-electron chi connectivity index (χ0n) is 13.0. The van der Waals surface area contributed by atoms with Crippen LogP contribution in [0.15, 0.2) is 6.20 Å². The van der Waals surface area contributed by atoms with E-state index in [0.717, 1.165) is 58.0 Å². The van der Waals surface area contributed by atoms with E-state index < -0.39 is 0 Å². The molecule has 22 heavy (non-hydrogen) atoms. The zero-order chi connectivity index (χ0) is 15.5.